The van der Waals surface area contributed by atoms with Gasteiger partial charge in [-0.05, 0) is 25.7 Å². The molecule has 0 fully saturated rings. The Labute approximate surface area is 133 Å². The average molecular weight is 318 g/mol. The number of unbranched alkanes of at least 4 members (excludes halogenated alkanes) is 4. The summed E-state index contributed by atoms with van der Waals surface area (Å²) in [7, 11) is -3.03. The fourth-order valence-corrected chi connectivity index (χ4v) is 6.05. The van der Waals surface area contributed by atoms with E-state index < -0.39 is 7.37 Å². The van der Waals surface area contributed by atoms with Crippen LogP contribution in [0.5, 0.6) is 0 Å². The summed E-state index contributed by atoms with van der Waals surface area (Å²) in [5.74, 6) is 0. The molecule has 1 N–H and O–H groups in total. The Hall–Kier alpha value is 0.190. The SMILES string of the molecule is CCCCCC(CCCC)P(=O)(O)C(CCC)CCCC. The Morgan fingerprint density at radius 3 is 1.52 bits per heavy atom. The van der Waals surface area contributed by atoms with E-state index in [-0.39, 0.29) is 11.3 Å². The first-order valence-electron chi connectivity index (χ1n) is 9.36. The molecule has 0 aromatic rings. The lowest BCUT2D eigenvalue weighted by Gasteiger charge is -2.30. The normalized spacial score (nSPS) is 17.4. The van der Waals surface area contributed by atoms with Gasteiger partial charge < -0.3 is 4.89 Å². The summed E-state index contributed by atoms with van der Waals surface area (Å²) in [6, 6.07) is 0. The van der Waals surface area contributed by atoms with Crippen molar-refractivity contribution in [1.29, 1.82) is 0 Å². The zero-order valence-corrected chi connectivity index (χ0v) is 15.8. The molecule has 3 unspecified atom stereocenters. The minimum atomic E-state index is -3.03. The molecule has 0 heterocycles. The molecule has 21 heavy (non-hydrogen) atoms. The van der Waals surface area contributed by atoms with Gasteiger partial charge in [-0.25, -0.2) is 0 Å². The van der Waals surface area contributed by atoms with Gasteiger partial charge in [0.2, 0.25) is 7.37 Å². The third kappa shape index (κ3) is 8.41. The maximum Gasteiger partial charge on any atom is 0.206 e. The Bertz CT molecular complexity index is 278. The van der Waals surface area contributed by atoms with Gasteiger partial charge in [0.15, 0.2) is 0 Å². The van der Waals surface area contributed by atoms with Crippen LogP contribution in [0.3, 0.4) is 0 Å². The van der Waals surface area contributed by atoms with Gasteiger partial charge in [-0.15, -0.1) is 0 Å². The molecular weight excluding hydrogens is 279 g/mol. The zero-order chi connectivity index (χ0) is 16.1. The van der Waals surface area contributed by atoms with Crippen LogP contribution in [0, 0.1) is 0 Å². The summed E-state index contributed by atoms with van der Waals surface area (Å²) >= 11 is 0. The van der Waals surface area contributed by atoms with E-state index in [9.17, 15) is 9.46 Å². The van der Waals surface area contributed by atoms with Gasteiger partial charge in [0.05, 0.1) is 0 Å². The number of rotatable bonds is 14. The second-order valence-electron chi connectivity index (χ2n) is 6.55. The van der Waals surface area contributed by atoms with Crippen LogP contribution >= 0.6 is 7.37 Å². The molecule has 0 amide bonds. The third-order valence-electron chi connectivity index (χ3n) is 4.59. The molecule has 0 aliphatic rings. The molecule has 3 atom stereocenters. The van der Waals surface area contributed by atoms with Crippen molar-refractivity contribution in [1.82, 2.24) is 0 Å². The minimum Gasteiger partial charge on any atom is -0.344 e. The van der Waals surface area contributed by atoms with Gasteiger partial charge in [-0.3, -0.25) is 4.57 Å². The van der Waals surface area contributed by atoms with Crippen molar-refractivity contribution in [2.24, 2.45) is 0 Å². The van der Waals surface area contributed by atoms with Gasteiger partial charge in [-0.2, -0.15) is 0 Å². The van der Waals surface area contributed by atoms with Crippen LogP contribution in [0.2, 0.25) is 0 Å². The summed E-state index contributed by atoms with van der Waals surface area (Å²) < 4.78 is 13.2. The van der Waals surface area contributed by atoms with Gasteiger partial charge in [-0.1, -0.05) is 79.1 Å². The van der Waals surface area contributed by atoms with Crippen LogP contribution in [0.25, 0.3) is 0 Å². The third-order valence-corrected chi connectivity index (χ3v) is 7.72. The maximum absolute atomic E-state index is 13.2. The van der Waals surface area contributed by atoms with Crippen molar-refractivity contribution >= 4 is 7.37 Å². The lowest BCUT2D eigenvalue weighted by atomic mass is 10.1. The molecule has 0 rings (SSSR count). The largest absolute Gasteiger partial charge is 0.344 e. The van der Waals surface area contributed by atoms with E-state index in [0.717, 1.165) is 64.2 Å². The van der Waals surface area contributed by atoms with E-state index in [4.69, 9.17) is 0 Å². The molecule has 0 aliphatic carbocycles. The molecule has 0 aliphatic heterocycles. The predicted octanol–water partition coefficient (Wildman–Crippen LogP) is 6.75. The highest BCUT2D eigenvalue weighted by atomic mass is 31.2. The second-order valence-corrected chi connectivity index (χ2v) is 9.35. The van der Waals surface area contributed by atoms with Crippen LogP contribution in [-0.4, -0.2) is 16.2 Å². The maximum atomic E-state index is 13.2. The highest BCUT2D eigenvalue weighted by Crippen LogP contribution is 2.57. The molecule has 0 spiro atoms. The first-order chi connectivity index (χ1) is 10.0. The van der Waals surface area contributed by atoms with Crippen molar-refractivity contribution < 1.29 is 9.46 Å². The van der Waals surface area contributed by atoms with Gasteiger partial charge in [0.25, 0.3) is 0 Å². The topological polar surface area (TPSA) is 37.3 Å². The van der Waals surface area contributed by atoms with Gasteiger partial charge in [0, 0.05) is 11.3 Å². The second kappa shape index (κ2) is 12.7. The predicted molar refractivity (Wildman–Crippen MR) is 95.5 cm³/mol. The average Bonchev–Trinajstić information content (AvgIpc) is 2.46. The lowest BCUT2D eigenvalue weighted by molar-refractivity contribution is 0.416. The molecule has 0 saturated carbocycles. The summed E-state index contributed by atoms with van der Waals surface area (Å²) in [5.41, 5.74) is 0.100. The lowest BCUT2D eigenvalue weighted by Crippen LogP contribution is -2.19. The first-order valence-corrected chi connectivity index (χ1v) is 11.2. The van der Waals surface area contributed by atoms with Crippen molar-refractivity contribution in [3.8, 4) is 0 Å². The highest BCUT2D eigenvalue weighted by molar-refractivity contribution is 7.59. The Balaban J connectivity index is 4.84. The summed E-state index contributed by atoms with van der Waals surface area (Å²) in [4.78, 5) is 10.9. The van der Waals surface area contributed by atoms with Crippen molar-refractivity contribution in [2.45, 2.75) is 116 Å². The fourth-order valence-electron chi connectivity index (χ4n) is 3.17. The van der Waals surface area contributed by atoms with E-state index in [1.54, 1.807) is 0 Å². The monoisotopic (exact) mass is 318 g/mol. The standard InChI is InChI=1S/C18H39O2P/c1-5-9-12-16-18(15-11-7-3)21(19,20)17(13-8-4)14-10-6-2/h17-18H,5-16H2,1-4H3,(H,19,20). The smallest absolute Gasteiger partial charge is 0.206 e. The molecule has 0 radical (unpaired) electrons. The van der Waals surface area contributed by atoms with Crippen molar-refractivity contribution in [2.75, 3.05) is 0 Å². The number of hydrogen-bond donors (Lipinski definition) is 1. The molecule has 0 bridgehead atoms. The molecular formula is C18H39O2P. The van der Waals surface area contributed by atoms with Gasteiger partial charge >= 0.3 is 0 Å². The number of hydrogen-bond acceptors (Lipinski definition) is 1. The van der Waals surface area contributed by atoms with Gasteiger partial charge in [0.1, 0.15) is 0 Å². The summed E-state index contributed by atoms with van der Waals surface area (Å²) in [5, 5.41) is 0. The van der Waals surface area contributed by atoms with E-state index >= 15 is 0 Å². The Morgan fingerprint density at radius 1 is 0.667 bits per heavy atom. The van der Waals surface area contributed by atoms with E-state index in [1.807, 2.05) is 0 Å². The molecule has 0 saturated heterocycles. The Kier molecular flexibility index (Phi) is 12.8. The quantitative estimate of drug-likeness (QED) is 0.284. The van der Waals surface area contributed by atoms with Crippen LogP contribution in [0.1, 0.15) is 105 Å². The Morgan fingerprint density at radius 2 is 1.10 bits per heavy atom. The summed E-state index contributed by atoms with van der Waals surface area (Å²) in [6.45, 7) is 8.67. The molecule has 3 heteroatoms. The van der Waals surface area contributed by atoms with Crippen molar-refractivity contribution in [3.63, 3.8) is 0 Å². The first kappa shape index (κ1) is 21.2. The molecule has 2 nitrogen and oxygen atoms in total. The molecule has 0 aromatic carbocycles. The zero-order valence-electron chi connectivity index (χ0n) is 14.9. The van der Waals surface area contributed by atoms with Crippen LogP contribution in [0.4, 0.5) is 0 Å². The highest BCUT2D eigenvalue weighted by Gasteiger charge is 2.37. The molecule has 0 aromatic heterocycles. The van der Waals surface area contributed by atoms with Crippen LogP contribution < -0.4 is 0 Å². The van der Waals surface area contributed by atoms with E-state index in [0.29, 0.717) is 0 Å². The molecule has 128 valence electrons. The van der Waals surface area contributed by atoms with Crippen LogP contribution in [0.15, 0.2) is 0 Å². The fraction of sp³-hybridized carbons (Fsp3) is 1.00. The van der Waals surface area contributed by atoms with E-state index in [1.165, 1.54) is 12.8 Å². The van der Waals surface area contributed by atoms with Crippen molar-refractivity contribution in [3.05, 3.63) is 0 Å². The summed E-state index contributed by atoms with van der Waals surface area (Å²) in [6.07, 6.45) is 12.7. The van der Waals surface area contributed by atoms with Crippen LogP contribution in [-0.2, 0) is 4.57 Å². The minimum absolute atomic E-state index is 0.0472. The van der Waals surface area contributed by atoms with E-state index in [2.05, 4.69) is 27.7 Å².